The summed E-state index contributed by atoms with van der Waals surface area (Å²) in [7, 11) is 0. The van der Waals surface area contributed by atoms with Crippen molar-refractivity contribution in [1.82, 2.24) is 0 Å². The smallest absolute Gasteiger partial charge is 0.0641 e. The fourth-order valence-corrected chi connectivity index (χ4v) is 2.07. The molecule has 0 aromatic carbocycles. The van der Waals surface area contributed by atoms with Crippen LogP contribution in [0.25, 0.3) is 0 Å². The zero-order chi connectivity index (χ0) is 8.81. The maximum absolute atomic E-state index is 8.92. The minimum absolute atomic E-state index is 0.371. The lowest BCUT2D eigenvalue weighted by Gasteiger charge is -2.26. The molecule has 0 aromatic rings. The topological polar surface area (TPSA) is 29.5 Å². The molecule has 1 N–H and O–H groups in total. The first-order valence-corrected chi connectivity index (χ1v) is 5.78. The molecule has 0 saturated heterocycles. The van der Waals surface area contributed by atoms with Gasteiger partial charge in [-0.25, -0.2) is 0 Å². The Bertz CT molecular complexity index is 111. The summed E-state index contributed by atoms with van der Waals surface area (Å²) in [6, 6.07) is 0. The van der Waals surface area contributed by atoms with Crippen LogP contribution >= 0.6 is 12.0 Å². The summed E-state index contributed by atoms with van der Waals surface area (Å²) in [6.45, 7) is 1.26. The van der Waals surface area contributed by atoms with Crippen LogP contribution in [0.5, 0.6) is 0 Å². The van der Waals surface area contributed by atoms with Crippen LogP contribution in [0.2, 0.25) is 0 Å². The maximum atomic E-state index is 8.92. The van der Waals surface area contributed by atoms with Gasteiger partial charge in [-0.3, -0.25) is 0 Å². The Balaban J connectivity index is 2.09. The van der Waals surface area contributed by atoms with Crippen LogP contribution in [0.15, 0.2) is 0 Å². The molecule has 0 unspecified atom stereocenters. The number of rotatable bonds is 4. The molecule has 0 aromatic heterocycles. The highest BCUT2D eigenvalue weighted by Gasteiger charge is 2.20. The lowest BCUT2D eigenvalue weighted by Crippen LogP contribution is -2.19. The fourth-order valence-electron chi connectivity index (χ4n) is 1.74. The van der Waals surface area contributed by atoms with E-state index in [2.05, 4.69) is 0 Å². The van der Waals surface area contributed by atoms with Gasteiger partial charge in [-0.15, -0.1) is 0 Å². The van der Waals surface area contributed by atoms with Gasteiger partial charge in [0.25, 0.3) is 0 Å². The summed E-state index contributed by atoms with van der Waals surface area (Å²) < 4.78 is 5.30. The Morgan fingerprint density at radius 1 is 1.25 bits per heavy atom. The molecule has 1 fully saturated rings. The molecule has 0 atom stereocenters. The van der Waals surface area contributed by atoms with Crippen LogP contribution in [0.1, 0.15) is 25.7 Å². The van der Waals surface area contributed by atoms with Gasteiger partial charge in [-0.2, -0.15) is 0 Å². The first-order valence-electron chi connectivity index (χ1n) is 4.63. The lowest BCUT2D eigenvalue weighted by atomic mass is 9.83. The Morgan fingerprint density at radius 3 is 2.33 bits per heavy atom. The van der Waals surface area contributed by atoms with E-state index < -0.39 is 0 Å². The predicted octanol–water partition coefficient (Wildman–Crippen LogP) is 2.08. The Hall–Kier alpha value is 0.270. The van der Waals surface area contributed by atoms with E-state index in [0.29, 0.717) is 12.5 Å². The summed E-state index contributed by atoms with van der Waals surface area (Å²) in [5.74, 6) is 1.30. The predicted molar refractivity (Wildman–Crippen MR) is 52.0 cm³/mol. The third kappa shape index (κ3) is 3.33. The van der Waals surface area contributed by atoms with Crippen molar-refractivity contribution in [3.63, 3.8) is 0 Å². The Labute approximate surface area is 78.9 Å². The van der Waals surface area contributed by atoms with Crippen LogP contribution in [0.3, 0.4) is 0 Å². The molecule has 0 heterocycles. The van der Waals surface area contributed by atoms with Crippen LogP contribution in [0, 0.1) is 11.8 Å². The molecule has 12 heavy (non-hydrogen) atoms. The molecule has 2 nitrogen and oxygen atoms in total. The molecule has 0 amide bonds. The number of aliphatic hydroxyl groups is 1. The van der Waals surface area contributed by atoms with E-state index in [1.165, 1.54) is 37.7 Å². The highest BCUT2D eigenvalue weighted by atomic mass is 32.2. The molecule has 72 valence electrons. The molecule has 1 rings (SSSR count). The highest BCUT2D eigenvalue weighted by molar-refractivity contribution is 7.93. The van der Waals surface area contributed by atoms with Gasteiger partial charge >= 0.3 is 0 Å². The van der Waals surface area contributed by atoms with Crippen LogP contribution in [-0.4, -0.2) is 24.6 Å². The zero-order valence-electron chi connectivity index (χ0n) is 7.66. The van der Waals surface area contributed by atoms with Crippen LogP contribution < -0.4 is 0 Å². The third-order valence-corrected chi connectivity index (χ3v) is 3.02. The van der Waals surface area contributed by atoms with Gasteiger partial charge in [0.1, 0.15) is 0 Å². The molecule has 1 aliphatic carbocycles. The second kappa shape index (κ2) is 5.84. The van der Waals surface area contributed by atoms with Crippen molar-refractivity contribution in [1.29, 1.82) is 0 Å². The summed E-state index contributed by atoms with van der Waals surface area (Å²) in [4.78, 5) is 0. The maximum Gasteiger partial charge on any atom is 0.0641 e. The van der Waals surface area contributed by atoms with Gasteiger partial charge in [0, 0.05) is 12.9 Å². The number of aliphatic hydroxyl groups excluding tert-OH is 1. The highest BCUT2D eigenvalue weighted by Crippen LogP contribution is 2.28. The average molecular weight is 190 g/mol. The van der Waals surface area contributed by atoms with Gasteiger partial charge in [0.2, 0.25) is 0 Å². The largest absolute Gasteiger partial charge is 0.396 e. The van der Waals surface area contributed by atoms with E-state index in [-0.39, 0.29) is 0 Å². The number of hydrogen-bond donors (Lipinski definition) is 1. The molecular formula is C9H18O2S. The van der Waals surface area contributed by atoms with Gasteiger partial charge in [-0.1, -0.05) is 0 Å². The van der Waals surface area contributed by atoms with Crippen molar-refractivity contribution in [2.75, 3.05) is 19.5 Å². The summed E-state index contributed by atoms with van der Waals surface area (Å²) in [6.07, 6.45) is 6.77. The van der Waals surface area contributed by atoms with Crippen molar-refractivity contribution in [2.45, 2.75) is 25.7 Å². The molecule has 1 saturated carbocycles. The summed E-state index contributed by atoms with van der Waals surface area (Å²) in [5.41, 5.74) is 0. The molecule has 1 aliphatic rings. The molecular weight excluding hydrogens is 172 g/mol. The van der Waals surface area contributed by atoms with Gasteiger partial charge in [0.15, 0.2) is 0 Å². The summed E-state index contributed by atoms with van der Waals surface area (Å²) >= 11 is 1.45. The van der Waals surface area contributed by atoms with Crippen molar-refractivity contribution >= 4 is 12.0 Å². The molecule has 0 radical (unpaired) electrons. The van der Waals surface area contributed by atoms with Crippen LogP contribution in [0.4, 0.5) is 0 Å². The van der Waals surface area contributed by atoms with E-state index in [1.807, 2.05) is 6.26 Å². The van der Waals surface area contributed by atoms with Crippen molar-refractivity contribution in [3.8, 4) is 0 Å². The molecule has 0 spiro atoms. The second-order valence-corrected chi connectivity index (χ2v) is 4.09. The molecule has 3 heteroatoms. The van der Waals surface area contributed by atoms with Crippen molar-refractivity contribution in [3.05, 3.63) is 0 Å². The quantitative estimate of drug-likeness (QED) is 0.688. The first kappa shape index (κ1) is 10.4. The standard InChI is InChI=1S/C9H18O2S/c1-12-11-7-9-4-2-8(6-10)3-5-9/h8-10H,2-7H2,1H3. The van der Waals surface area contributed by atoms with Gasteiger partial charge in [0.05, 0.1) is 6.61 Å². The summed E-state index contributed by atoms with van der Waals surface area (Å²) in [5, 5.41) is 8.92. The van der Waals surface area contributed by atoms with E-state index in [9.17, 15) is 0 Å². The van der Waals surface area contributed by atoms with E-state index in [4.69, 9.17) is 9.29 Å². The zero-order valence-corrected chi connectivity index (χ0v) is 8.48. The van der Waals surface area contributed by atoms with Crippen LogP contribution in [-0.2, 0) is 4.18 Å². The van der Waals surface area contributed by atoms with Gasteiger partial charge in [-0.05, 0) is 49.6 Å². The van der Waals surface area contributed by atoms with E-state index in [1.54, 1.807) is 0 Å². The Morgan fingerprint density at radius 2 is 1.83 bits per heavy atom. The second-order valence-electron chi connectivity index (χ2n) is 3.52. The normalized spacial score (nSPS) is 30.5. The molecule has 0 aliphatic heterocycles. The SMILES string of the molecule is CSOCC1CCC(CO)CC1. The number of hydrogen-bond acceptors (Lipinski definition) is 3. The average Bonchev–Trinajstić information content (AvgIpc) is 2.15. The monoisotopic (exact) mass is 190 g/mol. The minimum atomic E-state index is 0.371. The minimum Gasteiger partial charge on any atom is -0.396 e. The van der Waals surface area contributed by atoms with Crippen molar-refractivity contribution in [2.24, 2.45) is 11.8 Å². The van der Waals surface area contributed by atoms with E-state index >= 15 is 0 Å². The van der Waals surface area contributed by atoms with E-state index in [0.717, 1.165) is 12.5 Å². The van der Waals surface area contributed by atoms with Gasteiger partial charge < -0.3 is 9.29 Å². The Kier molecular flexibility index (Phi) is 5.04. The molecule has 0 bridgehead atoms. The first-order chi connectivity index (χ1) is 5.86. The third-order valence-electron chi connectivity index (χ3n) is 2.65. The lowest BCUT2D eigenvalue weighted by molar-refractivity contribution is 0.146. The van der Waals surface area contributed by atoms with Crippen molar-refractivity contribution < 1.29 is 9.29 Å². The fraction of sp³-hybridized carbons (Fsp3) is 1.00.